The summed E-state index contributed by atoms with van der Waals surface area (Å²) in [7, 11) is 0. The van der Waals surface area contributed by atoms with E-state index in [0.29, 0.717) is 6.42 Å². The lowest BCUT2D eigenvalue weighted by molar-refractivity contribution is -0.131. The number of carbonyl (C=O) groups is 1. The Hall–Kier alpha value is -1.89. The predicted octanol–water partition coefficient (Wildman–Crippen LogP) is 2.36. The van der Waals surface area contributed by atoms with Gasteiger partial charge in [-0.2, -0.15) is 0 Å². The number of hydrogen-bond acceptors (Lipinski definition) is 5. The van der Waals surface area contributed by atoms with Crippen molar-refractivity contribution in [3.63, 3.8) is 0 Å². The Kier molecular flexibility index (Phi) is 5.50. The highest BCUT2D eigenvalue weighted by molar-refractivity contribution is 7.98. The molecule has 3 rings (SSSR count). The Labute approximate surface area is 146 Å². The van der Waals surface area contributed by atoms with Gasteiger partial charge in [0.2, 0.25) is 5.91 Å². The SMILES string of the molecule is CCn1c(SC)nnc1C1CCCN(C(=O)Cc2cccnc2)C1. The fraction of sp³-hybridized carbons (Fsp3) is 0.529. The molecule has 0 saturated carbocycles. The van der Waals surface area contributed by atoms with E-state index in [2.05, 4.69) is 26.7 Å². The highest BCUT2D eigenvalue weighted by atomic mass is 32.2. The summed E-state index contributed by atoms with van der Waals surface area (Å²) in [6, 6.07) is 3.82. The van der Waals surface area contributed by atoms with Crippen LogP contribution in [0.4, 0.5) is 0 Å². The van der Waals surface area contributed by atoms with Gasteiger partial charge in [-0.15, -0.1) is 10.2 Å². The van der Waals surface area contributed by atoms with Crippen molar-refractivity contribution < 1.29 is 4.79 Å². The Morgan fingerprint density at radius 2 is 2.29 bits per heavy atom. The van der Waals surface area contributed by atoms with Gasteiger partial charge < -0.3 is 9.47 Å². The normalized spacial score (nSPS) is 17.9. The summed E-state index contributed by atoms with van der Waals surface area (Å²) in [5, 5.41) is 9.64. The second kappa shape index (κ2) is 7.79. The Balaban J connectivity index is 1.70. The number of amides is 1. The molecule has 2 aromatic heterocycles. The second-order valence-corrected chi connectivity index (χ2v) is 6.78. The molecule has 1 unspecified atom stereocenters. The molecule has 3 heterocycles. The molecule has 0 radical (unpaired) electrons. The molecule has 1 amide bonds. The summed E-state index contributed by atoms with van der Waals surface area (Å²) in [5.41, 5.74) is 0.964. The number of nitrogens with zero attached hydrogens (tertiary/aromatic N) is 5. The zero-order chi connectivity index (χ0) is 16.9. The lowest BCUT2D eigenvalue weighted by atomic mass is 9.96. The molecule has 0 bridgehead atoms. The van der Waals surface area contributed by atoms with E-state index in [0.717, 1.165) is 49.0 Å². The van der Waals surface area contributed by atoms with Gasteiger partial charge in [0.1, 0.15) is 5.82 Å². The number of thioether (sulfide) groups is 1. The van der Waals surface area contributed by atoms with Crippen LogP contribution in [0.25, 0.3) is 0 Å². The standard InChI is InChI=1S/C17H23N5OS/c1-3-22-16(19-20-17(22)24-2)14-7-5-9-21(12-14)15(23)10-13-6-4-8-18-11-13/h4,6,8,11,14H,3,5,7,9-10,12H2,1-2H3. The number of rotatable bonds is 5. The summed E-state index contributed by atoms with van der Waals surface area (Å²) in [6.45, 7) is 4.52. The molecule has 0 aromatic carbocycles. The Morgan fingerprint density at radius 3 is 3.00 bits per heavy atom. The zero-order valence-corrected chi connectivity index (χ0v) is 15.0. The van der Waals surface area contributed by atoms with E-state index >= 15 is 0 Å². The van der Waals surface area contributed by atoms with Crippen LogP contribution in [0.1, 0.15) is 37.1 Å². The van der Waals surface area contributed by atoms with Gasteiger partial charge >= 0.3 is 0 Å². The molecule has 7 heteroatoms. The molecular weight excluding hydrogens is 322 g/mol. The maximum absolute atomic E-state index is 12.6. The van der Waals surface area contributed by atoms with E-state index in [1.165, 1.54) is 0 Å². The summed E-state index contributed by atoms with van der Waals surface area (Å²) in [5.74, 6) is 1.45. The first-order valence-electron chi connectivity index (χ1n) is 8.36. The van der Waals surface area contributed by atoms with Crippen LogP contribution < -0.4 is 0 Å². The van der Waals surface area contributed by atoms with Crippen LogP contribution in [0.3, 0.4) is 0 Å². The quantitative estimate of drug-likeness (QED) is 0.779. The predicted molar refractivity (Wildman–Crippen MR) is 94.0 cm³/mol. The molecule has 24 heavy (non-hydrogen) atoms. The molecule has 0 N–H and O–H groups in total. The number of pyridine rings is 1. The van der Waals surface area contributed by atoms with Crippen molar-refractivity contribution >= 4 is 17.7 Å². The minimum absolute atomic E-state index is 0.167. The Morgan fingerprint density at radius 1 is 1.42 bits per heavy atom. The van der Waals surface area contributed by atoms with E-state index in [9.17, 15) is 4.79 Å². The lowest BCUT2D eigenvalue weighted by Crippen LogP contribution is -2.40. The van der Waals surface area contributed by atoms with E-state index in [-0.39, 0.29) is 11.8 Å². The van der Waals surface area contributed by atoms with Crippen molar-refractivity contribution in [3.05, 3.63) is 35.9 Å². The summed E-state index contributed by atoms with van der Waals surface area (Å²) >= 11 is 1.62. The maximum Gasteiger partial charge on any atom is 0.227 e. The van der Waals surface area contributed by atoms with Crippen LogP contribution >= 0.6 is 11.8 Å². The van der Waals surface area contributed by atoms with Crippen LogP contribution in [-0.4, -0.2) is 49.9 Å². The van der Waals surface area contributed by atoms with Gasteiger partial charge in [-0.25, -0.2) is 0 Å². The first kappa shape index (κ1) is 17.0. The van der Waals surface area contributed by atoms with Crippen molar-refractivity contribution in [3.8, 4) is 0 Å². The average Bonchev–Trinajstić information content (AvgIpc) is 3.05. The molecule has 0 aliphatic carbocycles. The van der Waals surface area contributed by atoms with Gasteiger partial charge in [-0.1, -0.05) is 17.8 Å². The molecule has 6 nitrogen and oxygen atoms in total. The van der Waals surface area contributed by atoms with E-state index in [1.54, 1.807) is 24.2 Å². The van der Waals surface area contributed by atoms with Crippen molar-refractivity contribution in [1.29, 1.82) is 0 Å². The zero-order valence-electron chi connectivity index (χ0n) is 14.2. The van der Waals surface area contributed by atoms with Crippen molar-refractivity contribution in [2.75, 3.05) is 19.3 Å². The van der Waals surface area contributed by atoms with Gasteiger partial charge in [0.15, 0.2) is 5.16 Å². The summed E-state index contributed by atoms with van der Waals surface area (Å²) < 4.78 is 2.17. The maximum atomic E-state index is 12.6. The monoisotopic (exact) mass is 345 g/mol. The second-order valence-electron chi connectivity index (χ2n) is 6.01. The number of hydrogen-bond donors (Lipinski definition) is 0. The molecule has 2 aromatic rings. The molecule has 1 fully saturated rings. The fourth-order valence-corrected chi connectivity index (χ4v) is 3.82. The van der Waals surface area contributed by atoms with Crippen LogP contribution in [0.15, 0.2) is 29.7 Å². The third kappa shape index (κ3) is 3.61. The molecule has 128 valence electrons. The third-order valence-electron chi connectivity index (χ3n) is 4.46. The highest BCUT2D eigenvalue weighted by Gasteiger charge is 2.28. The van der Waals surface area contributed by atoms with E-state index < -0.39 is 0 Å². The largest absolute Gasteiger partial charge is 0.342 e. The van der Waals surface area contributed by atoms with Crippen molar-refractivity contribution in [2.24, 2.45) is 0 Å². The highest BCUT2D eigenvalue weighted by Crippen LogP contribution is 2.28. The van der Waals surface area contributed by atoms with Crippen molar-refractivity contribution in [2.45, 2.75) is 43.8 Å². The number of piperidine rings is 1. The number of carbonyl (C=O) groups excluding carboxylic acids is 1. The molecule has 1 saturated heterocycles. The minimum Gasteiger partial charge on any atom is -0.342 e. The van der Waals surface area contributed by atoms with Crippen LogP contribution in [0.2, 0.25) is 0 Å². The third-order valence-corrected chi connectivity index (χ3v) is 5.13. The lowest BCUT2D eigenvalue weighted by Gasteiger charge is -2.32. The smallest absolute Gasteiger partial charge is 0.227 e. The van der Waals surface area contributed by atoms with Crippen LogP contribution in [0, 0.1) is 0 Å². The summed E-state index contributed by atoms with van der Waals surface area (Å²) in [4.78, 5) is 18.7. The number of likely N-dealkylation sites (tertiary alicyclic amines) is 1. The molecule has 1 aliphatic heterocycles. The van der Waals surface area contributed by atoms with E-state index in [4.69, 9.17) is 0 Å². The van der Waals surface area contributed by atoms with Crippen LogP contribution in [0.5, 0.6) is 0 Å². The van der Waals surface area contributed by atoms with Gasteiger partial charge in [-0.3, -0.25) is 9.78 Å². The fourth-order valence-electron chi connectivity index (χ4n) is 3.25. The topological polar surface area (TPSA) is 63.9 Å². The summed E-state index contributed by atoms with van der Waals surface area (Å²) in [6.07, 6.45) is 7.99. The molecular formula is C17H23N5OS. The average molecular weight is 345 g/mol. The molecule has 1 aliphatic rings. The first-order chi connectivity index (χ1) is 11.7. The van der Waals surface area contributed by atoms with Gasteiger partial charge in [-0.05, 0) is 37.7 Å². The molecule has 0 spiro atoms. The van der Waals surface area contributed by atoms with E-state index in [1.807, 2.05) is 23.3 Å². The van der Waals surface area contributed by atoms with Crippen LogP contribution in [-0.2, 0) is 17.8 Å². The Bertz CT molecular complexity index is 688. The number of aromatic nitrogens is 4. The van der Waals surface area contributed by atoms with Crippen molar-refractivity contribution in [1.82, 2.24) is 24.6 Å². The van der Waals surface area contributed by atoms with Gasteiger partial charge in [0.05, 0.1) is 6.42 Å². The van der Waals surface area contributed by atoms with Gasteiger partial charge in [0.25, 0.3) is 0 Å². The minimum atomic E-state index is 0.167. The molecule has 1 atom stereocenters. The first-order valence-corrected chi connectivity index (χ1v) is 9.59. The van der Waals surface area contributed by atoms with Gasteiger partial charge in [0, 0.05) is 37.9 Å².